The van der Waals surface area contributed by atoms with Gasteiger partial charge in [0.05, 0.1) is 0 Å². The maximum Gasteiger partial charge on any atom is 0.0144 e. The van der Waals surface area contributed by atoms with Crippen molar-refractivity contribution in [2.24, 2.45) is 0 Å². The highest BCUT2D eigenvalue weighted by Gasteiger charge is 2.38. The molecule has 0 aromatic carbocycles. The van der Waals surface area contributed by atoms with E-state index in [-0.39, 0.29) is 0 Å². The SMILES string of the molecule is Cc1ccc(C2(CBr)CCC2)s1. The molecule has 0 aliphatic heterocycles. The summed E-state index contributed by atoms with van der Waals surface area (Å²) in [6.07, 6.45) is 4.15. The third-order valence-electron chi connectivity index (χ3n) is 2.83. The molecule has 66 valence electrons. The van der Waals surface area contributed by atoms with Gasteiger partial charge in [-0.3, -0.25) is 0 Å². The van der Waals surface area contributed by atoms with Gasteiger partial charge < -0.3 is 0 Å². The molecule has 1 aliphatic rings. The number of thiophene rings is 1. The van der Waals surface area contributed by atoms with Crippen molar-refractivity contribution in [2.45, 2.75) is 31.6 Å². The van der Waals surface area contributed by atoms with Gasteiger partial charge in [0.25, 0.3) is 0 Å². The highest BCUT2D eigenvalue weighted by molar-refractivity contribution is 9.09. The van der Waals surface area contributed by atoms with E-state index < -0.39 is 0 Å². The Morgan fingerprint density at radius 1 is 1.50 bits per heavy atom. The second kappa shape index (κ2) is 3.15. The van der Waals surface area contributed by atoms with Crippen molar-refractivity contribution in [1.82, 2.24) is 0 Å². The van der Waals surface area contributed by atoms with Crippen molar-refractivity contribution < 1.29 is 0 Å². The zero-order valence-corrected chi connectivity index (χ0v) is 9.67. The van der Waals surface area contributed by atoms with Crippen LogP contribution in [0.15, 0.2) is 12.1 Å². The summed E-state index contributed by atoms with van der Waals surface area (Å²) < 4.78 is 0. The molecule has 0 spiro atoms. The van der Waals surface area contributed by atoms with E-state index in [2.05, 4.69) is 35.0 Å². The fourth-order valence-corrected chi connectivity index (χ4v) is 3.93. The van der Waals surface area contributed by atoms with Gasteiger partial charge in [0.2, 0.25) is 0 Å². The Morgan fingerprint density at radius 2 is 2.25 bits per heavy atom. The quantitative estimate of drug-likeness (QED) is 0.694. The van der Waals surface area contributed by atoms with Crippen molar-refractivity contribution in [3.8, 4) is 0 Å². The van der Waals surface area contributed by atoms with E-state index in [0.29, 0.717) is 5.41 Å². The fraction of sp³-hybridized carbons (Fsp3) is 0.600. The van der Waals surface area contributed by atoms with Crippen molar-refractivity contribution in [2.75, 3.05) is 5.33 Å². The standard InChI is InChI=1S/C10H13BrS/c1-8-3-4-9(12-8)10(7-11)5-2-6-10/h3-4H,2,5-7H2,1H3. The predicted molar refractivity (Wildman–Crippen MR) is 58.4 cm³/mol. The molecule has 0 N–H and O–H groups in total. The third kappa shape index (κ3) is 1.25. The average Bonchev–Trinajstić information content (AvgIpc) is 2.35. The van der Waals surface area contributed by atoms with Gasteiger partial charge in [-0.05, 0) is 31.9 Å². The minimum absolute atomic E-state index is 0.513. The molecule has 2 heteroatoms. The maximum absolute atomic E-state index is 3.64. The van der Waals surface area contributed by atoms with E-state index in [4.69, 9.17) is 0 Å². The van der Waals surface area contributed by atoms with Crippen molar-refractivity contribution in [3.05, 3.63) is 21.9 Å². The molecule has 1 aromatic rings. The summed E-state index contributed by atoms with van der Waals surface area (Å²) in [5.41, 5.74) is 0.513. The topological polar surface area (TPSA) is 0 Å². The monoisotopic (exact) mass is 244 g/mol. The summed E-state index contributed by atoms with van der Waals surface area (Å²) in [7, 11) is 0. The van der Waals surface area contributed by atoms with Gasteiger partial charge in [-0.2, -0.15) is 0 Å². The summed E-state index contributed by atoms with van der Waals surface area (Å²) in [6.45, 7) is 2.19. The Morgan fingerprint density at radius 3 is 2.58 bits per heavy atom. The molecule has 0 unspecified atom stereocenters. The highest BCUT2D eigenvalue weighted by Crippen LogP contribution is 2.47. The predicted octanol–water partition coefficient (Wildman–Crippen LogP) is 3.87. The Balaban J connectivity index is 2.27. The van der Waals surface area contributed by atoms with Gasteiger partial charge in [-0.1, -0.05) is 22.4 Å². The van der Waals surface area contributed by atoms with Crippen LogP contribution in [0.25, 0.3) is 0 Å². The molecule has 0 atom stereocenters. The van der Waals surface area contributed by atoms with Crippen molar-refractivity contribution in [1.29, 1.82) is 0 Å². The summed E-state index contributed by atoms with van der Waals surface area (Å²) in [5.74, 6) is 0. The lowest BCUT2D eigenvalue weighted by Gasteiger charge is -2.39. The van der Waals surface area contributed by atoms with Gasteiger partial charge >= 0.3 is 0 Å². The lowest BCUT2D eigenvalue weighted by Crippen LogP contribution is -2.34. The van der Waals surface area contributed by atoms with Crippen molar-refractivity contribution in [3.63, 3.8) is 0 Å². The van der Waals surface area contributed by atoms with E-state index in [1.54, 1.807) is 4.88 Å². The van der Waals surface area contributed by atoms with Crippen LogP contribution in [0.3, 0.4) is 0 Å². The first-order valence-corrected chi connectivity index (χ1v) is 6.33. The van der Waals surface area contributed by atoms with Gasteiger partial charge in [0.1, 0.15) is 0 Å². The number of hydrogen-bond acceptors (Lipinski definition) is 1. The Labute approximate surface area is 86.1 Å². The van der Waals surface area contributed by atoms with Crippen LogP contribution in [-0.4, -0.2) is 5.33 Å². The third-order valence-corrected chi connectivity index (χ3v) is 5.15. The molecular formula is C10H13BrS. The Kier molecular flexibility index (Phi) is 2.30. The molecule has 0 saturated heterocycles. The van der Waals surface area contributed by atoms with E-state index >= 15 is 0 Å². The van der Waals surface area contributed by atoms with Gasteiger partial charge in [0.15, 0.2) is 0 Å². The largest absolute Gasteiger partial charge is 0.145 e. The van der Waals surface area contributed by atoms with E-state index in [0.717, 1.165) is 5.33 Å². The van der Waals surface area contributed by atoms with Crippen LogP contribution in [0.1, 0.15) is 29.0 Å². The Bertz CT molecular complexity index is 268. The number of alkyl halides is 1. The fourth-order valence-electron chi connectivity index (χ4n) is 1.77. The normalized spacial score (nSPS) is 20.5. The van der Waals surface area contributed by atoms with Crippen LogP contribution in [0.4, 0.5) is 0 Å². The summed E-state index contributed by atoms with van der Waals surface area (Å²) >= 11 is 5.60. The Hall–Kier alpha value is 0.180. The molecule has 1 heterocycles. The lowest BCUT2D eigenvalue weighted by molar-refractivity contribution is 0.286. The molecule has 0 amide bonds. The first-order chi connectivity index (χ1) is 5.77. The number of rotatable bonds is 2. The molecule has 1 fully saturated rings. The van der Waals surface area contributed by atoms with E-state index in [9.17, 15) is 0 Å². The minimum Gasteiger partial charge on any atom is -0.145 e. The van der Waals surface area contributed by atoms with Crippen molar-refractivity contribution >= 4 is 27.3 Å². The minimum atomic E-state index is 0.513. The van der Waals surface area contributed by atoms with E-state index in [1.165, 1.54) is 24.1 Å². The lowest BCUT2D eigenvalue weighted by atomic mass is 9.69. The summed E-state index contributed by atoms with van der Waals surface area (Å²) in [5, 5.41) is 1.14. The van der Waals surface area contributed by atoms with Crippen LogP contribution in [0.2, 0.25) is 0 Å². The first kappa shape index (κ1) is 8.76. The summed E-state index contributed by atoms with van der Waals surface area (Å²) in [4.78, 5) is 3.03. The molecule has 1 aliphatic carbocycles. The number of halogens is 1. The molecule has 1 aromatic heterocycles. The van der Waals surface area contributed by atoms with E-state index in [1.807, 2.05) is 11.3 Å². The van der Waals surface area contributed by atoms with Crippen LogP contribution in [0.5, 0.6) is 0 Å². The van der Waals surface area contributed by atoms with Crippen LogP contribution < -0.4 is 0 Å². The molecule has 0 bridgehead atoms. The van der Waals surface area contributed by atoms with Gasteiger partial charge in [0, 0.05) is 20.5 Å². The van der Waals surface area contributed by atoms with Crippen LogP contribution in [-0.2, 0) is 5.41 Å². The molecule has 0 radical (unpaired) electrons. The number of hydrogen-bond donors (Lipinski definition) is 0. The highest BCUT2D eigenvalue weighted by atomic mass is 79.9. The number of aryl methyl sites for hydroxylation is 1. The second-order valence-electron chi connectivity index (χ2n) is 3.68. The average molecular weight is 245 g/mol. The molecule has 2 rings (SSSR count). The van der Waals surface area contributed by atoms with Gasteiger partial charge in [-0.15, -0.1) is 11.3 Å². The maximum atomic E-state index is 3.64. The molecule has 1 saturated carbocycles. The summed E-state index contributed by atoms with van der Waals surface area (Å²) in [6, 6.07) is 4.54. The zero-order valence-electron chi connectivity index (χ0n) is 7.27. The molecule has 0 nitrogen and oxygen atoms in total. The zero-order chi connectivity index (χ0) is 8.60. The molecular weight excluding hydrogens is 232 g/mol. The smallest absolute Gasteiger partial charge is 0.0144 e. The van der Waals surface area contributed by atoms with Crippen LogP contribution in [0, 0.1) is 6.92 Å². The second-order valence-corrected chi connectivity index (χ2v) is 5.53. The van der Waals surface area contributed by atoms with Gasteiger partial charge in [-0.25, -0.2) is 0 Å². The molecule has 12 heavy (non-hydrogen) atoms. The van der Waals surface area contributed by atoms with Crippen LogP contribution >= 0.6 is 27.3 Å². The first-order valence-electron chi connectivity index (χ1n) is 4.40.